The topological polar surface area (TPSA) is 60.2 Å². The van der Waals surface area contributed by atoms with Crippen LogP contribution in [0.5, 0.6) is 0 Å². The Kier molecular flexibility index (Phi) is 2.21. The number of nitrogens with two attached hydrogens (primary N) is 1. The number of carbonyl (C=O) groups excluding carboxylic acids is 1. The zero-order valence-electron chi connectivity index (χ0n) is 41.7. The van der Waals surface area contributed by atoms with Crippen LogP contribution < -0.4 is 5.73 Å². The van der Waals surface area contributed by atoms with Gasteiger partial charge in [-0.15, -0.1) is 0 Å². The Morgan fingerprint density at radius 2 is 1.76 bits per heavy atom. The Morgan fingerprint density at radius 3 is 2.28 bits per heavy atom. The lowest BCUT2D eigenvalue weighted by molar-refractivity contribution is -0.115. The first kappa shape index (κ1) is 7.75. The second-order valence-corrected chi connectivity index (χ2v) is 8.53. The lowest BCUT2D eigenvalue weighted by Gasteiger charge is -2.32. The Hall–Kier alpha value is -1.94. The van der Waals surface area contributed by atoms with E-state index in [2.05, 4.69) is 0 Å². The molecule has 4 heteroatoms. The molecule has 1 unspecified atom stereocenters. The molecule has 25 heavy (non-hydrogen) atoms. The van der Waals surface area contributed by atoms with Gasteiger partial charge >= 0.3 is 0 Å². The van der Waals surface area contributed by atoms with Gasteiger partial charge in [0.15, 0.2) is 0 Å². The zero-order valence-corrected chi connectivity index (χ0v) is 16.6. The fraction of sp³-hybridized carbons (Fsp3) is 0.381. The van der Waals surface area contributed by atoms with E-state index in [9.17, 15) is 9.00 Å². The monoisotopic (exact) mass is 428 g/mol. The molecule has 3 nitrogen and oxygen atoms in total. The molecule has 2 rings (SSSR count). The van der Waals surface area contributed by atoms with Crippen LogP contribution in [0.25, 0.3) is 0 Å². The summed E-state index contributed by atoms with van der Waals surface area (Å²) in [5.74, 6) is -0.988. The number of hydrogen-bond acceptors (Lipinski definition) is 2. The predicted octanol–water partition coefficient (Wildman–Crippen LogP) is 9.14. The summed E-state index contributed by atoms with van der Waals surface area (Å²) < 4.78 is 150. The molecule has 0 aromatic heterocycles. The fourth-order valence-electron chi connectivity index (χ4n) is 3.03. The van der Waals surface area contributed by atoms with Gasteiger partial charge in [-0.3, -0.25) is 9.00 Å². The van der Waals surface area contributed by atoms with Crippen LogP contribution in [0.1, 0.15) is 98.5 Å². The third-order valence-electron chi connectivity index (χ3n) is 5.07. The maximum absolute atomic E-state index is 13.4. The molecule has 2 aromatic carbocycles. The molecular formula is C21H71NO2S. The highest BCUT2D eigenvalue weighted by Gasteiger charge is 2.38. The van der Waals surface area contributed by atoms with Crippen molar-refractivity contribution in [3.63, 3.8) is 0 Å². The number of amides is 1. The molecule has 2 atom stereocenters. The van der Waals surface area contributed by atoms with Crippen LogP contribution in [0.2, 0.25) is 0 Å². The molecule has 0 bridgehead atoms. The van der Waals surface area contributed by atoms with Crippen LogP contribution >= 0.6 is 0 Å². The van der Waals surface area contributed by atoms with Crippen LogP contribution in [0, 0.1) is 34.6 Å². The second-order valence-electron chi connectivity index (χ2n) is 6.74. The Balaban J connectivity index is -0.0000000216. The van der Waals surface area contributed by atoms with E-state index in [4.69, 9.17) is 44.1 Å². The molecule has 0 aliphatic carbocycles. The van der Waals surface area contributed by atoms with Crippen molar-refractivity contribution in [2.75, 3.05) is 5.75 Å². The van der Waals surface area contributed by atoms with Gasteiger partial charge in [0.2, 0.25) is 5.91 Å². The van der Waals surface area contributed by atoms with E-state index in [0.717, 1.165) is 33.4 Å². The van der Waals surface area contributed by atoms with Crippen molar-refractivity contribution in [3.05, 3.63) is 69.2 Å². The average Bonchev–Trinajstić information content (AvgIpc) is 3.23. The number of primary amides is 1. The van der Waals surface area contributed by atoms with E-state index in [1.54, 1.807) is 6.92 Å². The molecule has 0 saturated heterocycles. The lowest BCUT2D eigenvalue weighted by Crippen LogP contribution is -2.36. The molecule has 0 heterocycles. The number of aryl methyl sites for hydroxylation is 1. The molecule has 178 valence electrons. The molecule has 1 amide bonds. The lowest BCUT2D eigenvalue weighted by atomic mass is 9.85. The van der Waals surface area contributed by atoms with E-state index in [-0.39, 0.29) is 32.1 Å². The predicted molar refractivity (Wildman–Crippen MR) is 152 cm³/mol. The minimum atomic E-state index is -1.73. The Bertz CT molecular complexity index is 976. The van der Waals surface area contributed by atoms with Gasteiger partial charge in [0.1, 0.15) is 5.75 Å². The third kappa shape index (κ3) is 3.54. The maximum atomic E-state index is 13.4. The molecule has 0 radical (unpaired) electrons. The summed E-state index contributed by atoms with van der Waals surface area (Å²) in [7, 11) is -1.73. The second kappa shape index (κ2) is 7.12. The van der Waals surface area contributed by atoms with E-state index >= 15 is 0 Å². The normalized spacial score (nSPS) is 19.8. The SMILES string of the molecule is [2H][2H].[2H][2H].[2H][2H].[2H][2H].[2H][2H].[2H][2H].[2H][2H].[2H][2H].[2H][2H].[2H][2H].[2H][2H].[2H][2H].[2H]c1c(C)c(C)c(C)c([2H])c1C(C)(c1cccc(C)c1C)[S@](=O)CC(N)=O.[HH].[HH].[HH].[HH].[HH].[HH].[HH].[HH].[HH].[HH]. The van der Waals surface area contributed by atoms with Crippen LogP contribution in [-0.4, -0.2) is 15.9 Å². The fourth-order valence-corrected chi connectivity index (χ4v) is 4.37. The Morgan fingerprint density at radius 1 is 1.20 bits per heavy atom. The van der Waals surface area contributed by atoms with Crippen molar-refractivity contribution < 1.29 is 61.6 Å². The molecule has 0 saturated carbocycles. The highest BCUT2D eigenvalue weighted by Crippen LogP contribution is 2.39. The molecular weight excluding hydrogens is 330 g/mol. The summed E-state index contributed by atoms with van der Waals surface area (Å²) in [4.78, 5) is 11.6. The van der Waals surface area contributed by atoms with Gasteiger partial charge in [0.25, 0.3) is 0 Å². The largest absolute Gasteiger partial charge is 0.369 e. The van der Waals surface area contributed by atoms with Crippen molar-refractivity contribution in [3.8, 4) is 0 Å². The van der Waals surface area contributed by atoms with Gasteiger partial charge in [-0.25, -0.2) is 0 Å². The molecule has 2 aromatic rings. The van der Waals surface area contributed by atoms with Crippen molar-refractivity contribution in [2.45, 2.75) is 46.3 Å². The van der Waals surface area contributed by atoms with Crippen LogP contribution in [0.4, 0.5) is 0 Å². The van der Waals surface area contributed by atoms with Gasteiger partial charge in [0, 0.05) is 60.7 Å². The summed E-state index contributed by atoms with van der Waals surface area (Å²) in [6, 6.07) is 6.10. The summed E-state index contributed by atoms with van der Waals surface area (Å²) in [5, 5.41) is 0. The molecule has 0 aliphatic heterocycles. The van der Waals surface area contributed by atoms with E-state index in [0.29, 0.717) is 5.56 Å². The van der Waals surface area contributed by atoms with Gasteiger partial charge in [-0.2, -0.15) is 0 Å². The Labute approximate surface area is 207 Å². The van der Waals surface area contributed by atoms with Crippen molar-refractivity contribution in [2.24, 2.45) is 5.73 Å². The van der Waals surface area contributed by atoms with Crippen molar-refractivity contribution in [1.29, 1.82) is 0 Å². The van der Waals surface area contributed by atoms with Crippen LogP contribution in [0.3, 0.4) is 0 Å². The quantitative estimate of drug-likeness (QED) is 0.516. The number of benzene rings is 2. The standard InChI is InChI=1S/C21H27NO2S.22H2/c1-13-8-7-9-19(17(13)5)21(6,25(24)12-20(22)23)18-10-14(2)16(4)15(3)11-18;;;;;;;;;;;;;;;;;;;;;;/h7-11H,12H2,1-6H3,(H2,22,23);22*1H/t21?,25-;;;;;;;;;;;;;;;;;;;;;;/m1....................../s1/i10D,11D;12*1+1D;;;;;;;;;;. The highest BCUT2D eigenvalue weighted by molar-refractivity contribution is 7.87. The van der Waals surface area contributed by atoms with E-state index in [1.807, 2.05) is 52.8 Å². The molecule has 0 spiro atoms. The van der Waals surface area contributed by atoms with Gasteiger partial charge in [-0.1, -0.05) is 30.3 Å². The maximum Gasteiger partial charge on any atom is 0.230 e. The molecule has 0 fully saturated rings. The number of hydrogen-bond donors (Lipinski definition) is 1. The highest BCUT2D eigenvalue weighted by atomic mass is 32.2. The number of rotatable bonds is 5. The average molecular weight is 428 g/mol. The summed E-state index contributed by atoms with van der Waals surface area (Å²) in [6.07, 6.45) is 0. The first-order valence-corrected chi connectivity index (χ1v) is 9.57. The van der Waals surface area contributed by atoms with Crippen molar-refractivity contribution >= 4 is 16.7 Å². The number of carbonyl (C=O) groups is 1. The first-order valence-electron chi connectivity index (χ1n) is 21.2. The van der Waals surface area contributed by atoms with Crippen molar-refractivity contribution in [1.82, 2.24) is 0 Å². The van der Waals surface area contributed by atoms with E-state index in [1.165, 1.54) is 0 Å². The van der Waals surface area contributed by atoms with Crippen LogP contribution in [-0.2, 0) is 20.3 Å². The van der Waals surface area contributed by atoms with Gasteiger partial charge < -0.3 is 5.73 Å². The minimum absolute atomic E-state index is 0. The smallest absolute Gasteiger partial charge is 0.230 e. The van der Waals surface area contributed by atoms with Crippen LogP contribution in [0.15, 0.2) is 30.3 Å². The summed E-state index contributed by atoms with van der Waals surface area (Å²) in [6.45, 7) is 11.2. The van der Waals surface area contributed by atoms with Gasteiger partial charge in [0.05, 0.1) is 7.49 Å². The van der Waals surface area contributed by atoms with E-state index < -0.39 is 21.5 Å². The molecule has 0 aliphatic rings. The third-order valence-corrected chi connectivity index (χ3v) is 6.96. The van der Waals surface area contributed by atoms with Gasteiger partial charge in [-0.05, 0) is 80.5 Å². The summed E-state index contributed by atoms with van der Waals surface area (Å²) in [5.41, 5.74) is 10.8. The minimum Gasteiger partial charge on any atom is -0.369 e. The molecule has 2 N–H and O–H groups in total. The summed E-state index contributed by atoms with van der Waals surface area (Å²) >= 11 is 0. The first-order chi connectivity index (χ1) is 24.4. The zero-order chi connectivity index (χ0) is 44.7.